The minimum atomic E-state index is 0.276. The standard InChI is InChI=1S/C9H16N4/c1-8(10)4-2-5-11-9-12-6-3-7-13-9/h3,6-8H,2,4-5,10H2,1H3,(H,11,12,13). The molecule has 0 aliphatic rings. The Morgan fingerprint density at radius 3 is 2.77 bits per heavy atom. The molecule has 72 valence electrons. The van der Waals surface area contributed by atoms with Gasteiger partial charge in [0.15, 0.2) is 0 Å². The molecule has 0 aliphatic carbocycles. The van der Waals surface area contributed by atoms with E-state index in [0.29, 0.717) is 5.95 Å². The van der Waals surface area contributed by atoms with Gasteiger partial charge in [-0.15, -0.1) is 0 Å². The molecule has 1 heterocycles. The van der Waals surface area contributed by atoms with Gasteiger partial charge in [-0.3, -0.25) is 0 Å². The summed E-state index contributed by atoms with van der Waals surface area (Å²) in [6.07, 6.45) is 5.53. The lowest BCUT2D eigenvalue weighted by molar-refractivity contribution is 0.638. The van der Waals surface area contributed by atoms with Crippen molar-refractivity contribution in [3.63, 3.8) is 0 Å². The molecule has 0 fully saturated rings. The molecule has 0 aliphatic heterocycles. The highest BCUT2D eigenvalue weighted by molar-refractivity contribution is 5.21. The molecule has 0 radical (unpaired) electrons. The van der Waals surface area contributed by atoms with Crippen molar-refractivity contribution < 1.29 is 0 Å². The normalized spacial score (nSPS) is 12.5. The maximum absolute atomic E-state index is 5.61. The third kappa shape index (κ3) is 4.42. The highest BCUT2D eigenvalue weighted by atomic mass is 15.1. The molecule has 0 amide bonds. The monoisotopic (exact) mass is 180 g/mol. The van der Waals surface area contributed by atoms with Crippen molar-refractivity contribution in [3.05, 3.63) is 18.5 Å². The zero-order valence-electron chi connectivity index (χ0n) is 7.90. The van der Waals surface area contributed by atoms with Crippen molar-refractivity contribution in [2.45, 2.75) is 25.8 Å². The summed E-state index contributed by atoms with van der Waals surface area (Å²) < 4.78 is 0. The predicted octanol–water partition coefficient (Wildman–Crippen LogP) is 1.02. The number of hydrogen-bond donors (Lipinski definition) is 2. The number of nitrogens with two attached hydrogens (primary N) is 1. The number of aromatic nitrogens is 2. The molecule has 0 saturated heterocycles. The molecule has 1 rings (SSSR count). The van der Waals surface area contributed by atoms with E-state index >= 15 is 0 Å². The van der Waals surface area contributed by atoms with E-state index in [1.54, 1.807) is 18.5 Å². The first kappa shape index (κ1) is 9.92. The van der Waals surface area contributed by atoms with Gasteiger partial charge < -0.3 is 11.1 Å². The van der Waals surface area contributed by atoms with Gasteiger partial charge >= 0.3 is 0 Å². The Hall–Kier alpha value is -1.16. The predicted molar refractivity (Wildman–Crippen MR) is 53.4 cm³/mol. The van der Waals surface area contributed by atoms with Crippen molar-refractivity contribution in [1.29, 1.82) is 0 Å². The lowest BCUT2D eigenvalue weighted by atomic mass is 10.2. The van der Waals surface area contributed by atoms with Crippen molar-refractivity contribution in [2.75, 3.05) is 11.9 Å². The van der Waals surface area contributed by atoms with Crippen LogP contribution in [0, 0.1) is 0 Å². The number of anilines is 1. The van der Waals surface area contributed by atoms with Crippen LogP contribution in [0.1, 0.15) is 19.8 Å². The fourth-order valence-electron chi connectivity index (χ4n) is 1.01. The molecule has 1 aromatic heterocycles. The molecule has 0 aromatic carbocycles. The molecule has 0 bridgehead atoms. The van der Waals surface area contributed by atoms with Gasteiger partial charge in [0.2, 0.25) is 5.95 Å². The topological polar surface area (TPSA) is 63.8 Å². The molecule has 13 heavy (non-hydrogen) atoms. The fraction of sp³-hybridized carbons (Fsp3) is 0.556. The van der Waals surface area contributed by atoms with Gasteiger partial charge in [-0.1, -0.05) is 0 Å². The van der Waals surface area contributed by atoms with Crippen LogP contribution in [0.2, 0.25) is 0 Å². The van der Waals surface area contributed by atoms with Crippen molar-refractivity contribution in [3.8, 4) is 0 Å². The summed E-state index contributed by atoms with van der Waals surface area (Å²) in [6, 6.07) is 2.08. The fourth-order valence-corrected chi connectivity index (χ4v) is 1.01. The molecular formula is C9H16N4. The van der Waals surface area contributed by atoms with Crippen LogP contribution < -0.4 is 11.1 Å². The van der Waals surface area contributed by atoms with Gasteiger partial charge in [-0.2, -0.15) is 0 Å². The molecule has 1 aromatic rings. The maximum atomic E-state index is 5.61. The van der Waals surface area contributed by atoms with Gasteiger partial charge in [0, 0.05) is 25.0 Å². The van der Waals surface area contributed by atoms with Crippen LogP contribution in [-0.2, 0) is 0 Å². The summed E-state index contributed by atoms with van der Waals surface area (Å²) in [5.74, 6) is 0.687. The highest BCUT2D eigenvalue weighted by Crippen LogP contribution is 1.97. The van der Waals surface area contributed by atoms with Crippen LogP contribution in [0.15, 0.2) is 18.5 Å². The smallest absolute Gasteiger partial charge is 0.222 e. The molecule has 1 atom stereocenters. The number of nitrogens with zero attached hydrogens (tertiary/aromatic N) is 2. The average Bonchev–Trinajstić information content (AvgIpc) is 2.14. The van der Waals surface area contributed by atoms with Gasteiger partial charge in [-0.25, -0.2) is 9.97 Å². The molecule has 4 heteroatoms. The lowest BCUT2D eigenvalue weighted by Gasteiger charge is -2.05. The Morgan fingerprint density at radius 2 is 2.15 bits per heavy atom. The second-order valence-electron chi connectivity index (χ2n) is 3.12. The van der Waals surface area contributed by atoms with Gasteiger partial charge in [0.25, 0.3) is 0 Å². The van der Waals surface area contributed by atoms with E-state index in [2.05, 4.69) is 15.3 Å². The van der Waals surface area contributed by atoms with E-state index in [0.717, 1.165) is 19.4 Å². The summed E-state index contributed by atoms with van der Waals surface area (Å²) in [4.78, 5) is 8.08. The van der Waals surface area contributed by atoms with Crippen LogP contribution in [0.4, 0.5) is 5.95 Å². The van der Waals surface area contributed by atoms with Crippen molar-refractivity contribution in [1.82, 2.24) is 9.97 Å². The van der Waals surface area contributed by atoms with Crippen LogP contribution in [0.3, 0.4) is 0 Å². The minimum Gasteiger partial charge on any atom is -0.354 e. The second-order valence-corrected chi connectivity index (χ2v) is 3.12. The highest BCUT2D eigenvalue weighted by Gasteiger charge is 1.95. The van der Waals surface area contributed by atoms with Gasteiger partial charge in [0.1, 0.15) is 0 Å². The van der Waals surface area contributed by atoms with E-state index < -0.39 is 0 Å². The SMILES string of the molecule is CC(N)CCCNc1ncccn1. The van der Waals surface area contributed by atoms with Crippen molar-refractivity contribution >= 4 is 5.95 Å². The Bertz CT molecular complexity index is 222. The minimum absolute atomic E-state index is 0.276. The number of nitrogens with one attached hydrogen (secondary N) is 1. The Labute approximate surface area is 78.6 Å². The van der Waals surface area contributed by atoms with Gasteiger partial charge in [0.05, 0.1) is 0 Å². The first-order chi connectivity index (χ1) is 6.29. The van der Waals surface area contributed by atoms with E-state index in [1.807, 2.05) is 6.92 Å². The Kier molecular flexibility index (Phi) is 4.18. The first-order valence-corrected chi connectivity index (χ1v) is 4.55. The molecule has 1 unspecified atom stereocenters. The molecule has 3 N–H and O–H groups in total. The summed E-state index contributed by atoms with van der Waals surface area (Å²) in [7, 11) is 0. The molecule has 0 saturated carbocycles. The van der Waals surface area contributed by atoms with Gasteiger partial charge in [-0.05, 0) is 25.8 Å². The van der Waals surface area contributed by atoms with Crippen molar-refractivity contribution in [2.24, 2.45) is 5.73 Å². The Balaban J connectivity index is 2.13. The van der Waals surface area contributed by atoms with Crippen LogP contribution in [-0.4, -0.2) is 22.6 Å². The van der Waals surface area contributed by atoms with Crippen LogP contribution in [0.25, 0.3) is 0 Å². The molecule has 0 spiro atoms. The quantitative estimate of drug-likeness (QED) is 0.664. The summed E-state index contributed by atoms with van der Waals surface area (Å²) in [5, 5.41) is 3.12. The van der Waals surface area contributed by atoms with E-state index in [-0.39, 0.29) is 6.04 Å². The first-order valence-electron chi connectivity index (χ1n) is 4.55. The van der Waals surface area contributed by atoms with E-state index in [1.165, 1.54) is 0 Å². The van der Waals surface area contributed by atoms with Crippen LogP contribution >= 0.6 is 0 Å². The third-order valence-corrected chi connectivity index (χ3v) is 1.69. The largest absolute Gasteiger partial charge is 0.354 e. The lowest BCUT2D eigenvalue weighted by Crippen LogP contribution is -2.16. The second kappa shape index (κ2) is 5.48. The average molecular weight is 180 g/mol. The summed E-state index contributed by atoms with van der Waals surface area (Å²) in [6.45, 7) is 2.89. The summed E-state index contributed by atoms with van der Waals surface area (Å²) >= 11 is 0. The maximum Gasteiger partial charge on any atom is 0.222 e. The molecule has 4 nitrogen and oxygen atoms in total. The number of rotatable bonds is 5. The number of hydrogen-bond acceptors (Lipinski definition) is 4. The zero-order valence-corrected chi connectivity index (χ0v) is 7.90. The van der Waals surface area contributed by atoms with E-state index in [4.69, 9.17) is 5.73 Å². The Morgan fingerprint density at radius 1 is 1.46 bits per heavy atom. The van der Waals surface area contributed by atoms with E-state index in [9.17, 15) is 0 Å². The zero-order chi connectivity index (χ0) is 9.52. The summed E-state index contributed by atoms with van der Waals surface area (Å²) in [5.41, 5.74) is 5.61. The van der Waals surface area contributed by atoms with Crippen LogP contribution in [0.5, 0.6) is 0 Å². The third-order valence-electron chi connectivity index (χ3n) is 1.69. The molecular weight excluding hydrogens is 164 g/mol.